The van der Waals surface area contributed by atoms with E-state index in [2.05, 4.69) is 17.6 Å². The molecule has 0 unspecified atom stereocenters. The molecule has 1 aliphatic rings. The predicted molar refractivity (Wildman–Crippen MR) is 83.7 cm³/mol. The molecule has 0 radical (unpaired) electrons. The number of nitrogens with one attached hydrogen (secondary N) is 2. The first kappa shape index (κ1) is 16.8. The van der Waals surface area contributed by atoms with Crippen molar-refractivity contribution in [2.24, 2.45) is 5.92 Å². The molecule has 1 saturated heterocycles. The molecule has 112 valence electrons. The van der Waals surface area contributed by atoms with Gasteiger partial charge in [-0.25, -0.2) is 0 Å². The fraction of sp³-hybridized carbons (Fsp3) is 0.533. The van der Waals surface area contributed by atoms with Gasteiger partial charge in [-0.1, -0.05) is 13.0 Å². The minimum atomic E-state index is 0. The van der Waals surface area contributed by atoms with Crippen molar-refractivity contribution in [2.75, 3.05) is 25.0 Å². The Bertz CT molecular complexity index is 420. The number of rotatable bonds is 5. The molecule has 1 atom stereocenters. The summed E-state index contributed by atoms with van der Waals surface area (Å²) in [6, 6.07) is 7.59. The quantitative estimate of drug-likeness (QED) is 0.879. The van der Waals surface area contributed by atoms with Crippen LogP contribution in [0.15, 0.2) is 24.3 Å². The highest BCUT2D eigenvalue weighted by Gasteiger charge is 2.20. The summed E-state index contributed by atoms with van der Waals surface area (Å²) >= 11 is 0. The van der Waals surface area contributed by atoms with Crippen molar-refractivity contribution in [3.8, 4) is 5.75 Å². The Kier molecular flexibility index (Phi) is 7.41. The summed E-state index contributed by atoms with van der Waals surface area (Å²) in [4.78, 5) is 12.1. The molecule has 1 fully saturated rings. The number of halogens is 1. The molecule has 1 heterocycles. The first-order valence-electron chi connectivity index (χ1n) is 7.04. The number of amides is 1. The lowest BCUT2D eigenvalue weighted by atomic mass is 9.99. The Morgan fingerprint density at radius 1 is 1.50 bits per heavy atom. The van der Waals surface area contributed by atoms with Gasteiger partial charge in [-0.05, 0) is 37.9 Å². The summed E-state index contributed by atoms with van der Waals surface area (Å²) < 4.78 is 5.56. The van der Waals surface area contributed by atoms with E-state index in [0.717, 1.165) is 43.8 Å². The molecular formula is C15H23ClN2O2. The zero-order valence-corrected chi connectivity index (χ0v) is 12.7. The smallest absolute Gasteiger partial charge is 0.228 e. The summed E-state index contributed by atoms with van der Waals surface area (Å²) in [6.07, 6.45) is 3.01. The fourth-order valence-electron chi connectivity index (χ4n) is 2.20. The summed E-state index contributed by atoms with van der Waals surface area (Å²) in [5.74, 6) is 0.982. The molecule has 1 aromatic rings. The van der Waals surface area contributed by atoms with Crippen LogP contribution in [0.5, 0.6) is 5.75 Å². The number of ether oxygens (including phenoxy) is 1. The number of benzene rings is 1. The van der Waals surface area contributed by atoms with Gasteiger partial charge in [0.25, 0.3) is 0 Å². The van der Waals surface area contributed by atoms with E-state index in [-0.39, 0.29) is 24.2 Å². The summed E-state index contributed by atoms with van der Waals surface area (Å²) in [5, 5.41) is 6.22. The zero-order chi connectivity index (χ0) is 13.5. The molecule has 0 bridgehead atoms. The van der Waals surface area contributed by atoms with Crippen molar-refractivity contribution < 1.29 is 9.53 Å². The van der Waals surface area contributed by atoms with Crippen molar-refractivity contribution in [3.63, 3.8) is 0 Å². The number of piperidine rings is 1. The number of anilines is 1. The van der Waals surface area contributed by atoms with Crippen LogP contribution in [0.1, 0.15) is 26.2 Å². The second-order valence-corrected chi connectivity index (χ2v) is 4.91. The molecule has 1 aromatic carbocycles. The van der Waals surface area contributed by atoms with Gasteiger partial charge in [-0.3, -0.25) is 4.79 Å². The van der Waals surface area contributed by atoms with Crippen LogP contribution in [-0.4, -0.2) is 25.6 Å². The van der Waals surface area contributed by atoms with Crippen LogP contribution in [0.25, 0.3) is 0 Å². The highest BCUT2D eigenvalue weighted by atomic mass is 35.5. The van der Waals surface area contributed by atoms with Gasteiger partial charge < -0.3 is 15.4 Å². The van der Waals surface area contributed by atoms with Crippen LogP contribution in [-0.2, 0) is 4.79 Å². The second-order valence-electron chi connectivity index (χ2n) is 4.91. The molecule has 0 spiro atoms. The topological polar surface area (TPSA) is 50.4 Å². The molecule has 2 N–H and O–H groups in total. The summed E-state index contributed by atoms with van der Waals surface area (Å²) in [6.45, 7) is 4.56. The number of hydrogen-bond donors (Lipinski definition) is 2. The van der Waals surface area contributed by atoms with Gasteiger partial charge in [0.2, 0.25) is 5.91 Å². The zero-order valence-electron chi connectivity index (χ0n) is 11.9. The van der Waals surface area contributed by atoms with Gasteiger partial charge in [0, 0.05) is 18.3 Å². The molecule has 0 aliphatic carbocycles. The van der Waals surface area contributed by atoms with Crippen LogP contribution < -0.4 is 15.4 Å². The van der Waals surface area contributed by atoms with Crippen molar-refractivity contribution in [3.05, 3.63) is 24.3 Å². The highest BCUT2D eigenvalue weighted by Crippen LogP contribution is 2.19. The second kappa shape index (κ2) is 8.82. The lowest BCUT2D eigenvalue weighted by Gasteiger charge is -2.22. The van der Waals surface area contributed by atoms with Gasteiger partial charge in [0.15, 0.2) is 0 Å². The predicted octanol–water partition coefficient (Wildman–Crippen LogP) is 2.84. The van der Waals surface area contributed by atoms with Gasteiger partial charge in [0.1, 0.15) is 5.75 Å². The molecule has 0 saturated carbocycles. The number of hydrogen-bond acceptors (Lipinski definition) is 3. The van der Waals surface area contributed by atoms with E-state index in [4.69, 9.17) is 4.74 Å². The van der Waals surface area contributed by atoms with Gasteiger partial charge in [-0.15, -0.1) is 12.4 Å². The Balaban J connectivity index is 0.00000200. The average Bonchev–Trinajstić information content (AvgIpc) is 2.46. The maximum absolute atomic E-state index is 12.1. The summed E-state index contributed by atoms with van der Waals surface area (Å²) in [5.41, 5.74) is 0.809. The van der Waals surface area contributed by atoms with Crippen molar-refractivity contribution in [1.82, 2.24) is 5.32 Å². The van der Waals surface area contributed by atoms with Crippen LogP contribution in [0.2, 0.25) is 0 Å². The fourth-order valence-corrected chi connectivity index (χ4v) is 2.20. The largest absolute Gasteiger partial charge is 0.494 e. The third-order valence-corrected chi connectivity index (χ3v) is 3.24. The minimum Gasteiger partial charge on any atom is -0.494 e. The molecular weight excluding hydrogens is 276 g/mol. The lowest BCUT2D eigenvalue weighted by Crippen LogP contribution is -2.37. The molecule has 1 aliphatic heterocycles. The van der Waals surface area contributed by atoms with Crippen molar-refractivity contribution in [1.29, 1.82) is 0 Å². The van der Waals surface area contributed by atoms with Crippen molar-refractivity contribution in [2.45, 2.75) is 26.2 Å². The monoisotopic (exact) mass is 298 g/mol. The molecule has 4 nitrogen and oxygen atoms in total. The van der Waals surface area contributed by atoms with Gasteiger partial charge in [-0.2, -0.15) is 0 Å². The molecule has 5 heteroatoms. The molecule has 0 aromatic heterocycles. The maximum Gasteiger partial charge on any atom is 0.228 e. The van der Waals surface area contributed by atoms with E-state index in [9.17, 15) is 4.79 Å². The Morgan fingerprint density at radius 3 is 3.05 bits per heavy atom. The first-order chi connectivity index (χ1) is 9.29. The van der Waals surface area contributed by atoms with Gasteiger partial charge in [0.05, 0.1) is 12.5 Å². The number of carbonyl (C=O) groups excluding carboxylic acids is 1. The van der Waals surface area contributed by atoms with Crippen LogP contribution in [0, 0.1) is 5.92 Å². The average molecular weight is 299 g/mol. The third-order valence-electron chi connectivity index (χ3n) is 3.24. The molecule has 20 heavy (non-hydrogen) atoms. The van der Waals surface area contributed by atoms with Gasteiger partial charge >= 0.3 is 0 Å². The van der Waals surface area contributed by atoms with E-state index in [0.29, 0.717) is 6.61 Å². The van der Waals surface area contributed by atoms with Crippen molar-refractivity contribution >= 4 is 24.0 Å². The third kappa shape index (κ3) is 5.02. The Hall–Kier alpha value is -1.26. The molecule has 2 rings (SSSR count). The van der Waals surface area contributed by atoms with E-state index in [1.807, 2.05) is 24.3 Å². The SMILES string of the molecule is CCCOc1cccc(NC(=O)[C@@H]2CCCNC2)c1.Cl. The maximum atomic E-state index is 12.1. The normalized spacial score (nSPS) is 17.9. The molecule has 1 amide bonds. The Labute approximate surface area is 126 Å². The first-order valence-corrected chi connectivity index (χ1v) is 7.04. The lowest BCUT2D eigenvalue weighted by molar-refractivity contribution is -0.120. The van der Waals surface area contributed by atoms with E-state index in [1.54, 1.807) is 0 Å². The van der Waals surface area contributed by atoms with E-state index in [1.165, 1.54) is 0 Å². The van der Waals surface area contributed by atoms with Crippen LogP contribution in [0.4, 0.5) is 5.69 Å². The van der Waals surface area contributed by atoms with Crippen LogP contribution >= 0.6 is 12.4 Å². The highest BCUT2D eigenvalue weighted by molar-refractivity contribution is 5.92. The Morgan fingerprint density at radius 2 is 2.35 bits per heavy atom. The van der Waals surface area contributed by atoms with E-state index >= 15 is 0 Å². The van der Waals surface area contributed by atoms with Crippen LogP contribution in [0.3, 0.4) is 0 Å². The number of carbonyl (C=O) groups is 1. The summed E-state index contributed by atoms with van der Waals surface area (Å²) in [7, 11) is 0. The van der Waals surface area contributed by atoms with E-state index < -0.39 is 0 Å². The standard InChI is InChI=1S/C15H22N2O2.ClH/c1-2-9-19-14-7-3-6-13(10-14)17-15(18)12-5-4-8-16-11-12;/h3,6-7,10,12,16H,2,4-5,8-9,11H2,1H3,(H,17,18);1H/t12-;/m1./s1. The minimum absolute atomic E-state index is 0.